The molecule has 2 aromatic rings. The predicted octanol–water partition coefficient (Wildman–Crippen LogP) is 1.97. The zero-order chi connectivity index (χ0) is 14.4. The van der Waals surface area contributed by atoms with E-state index >= 15 is 0 Å². The van der Waals surface area contributed by atoms with Crippen molar-refractivity contribution in [2.24, 2.45) is 0 Å². The van der Waals surface area contributed by atoms with Crippen LogP contribution in [0.25, 0.3) is 0 Å². The lowest BCUT2D eigenvalue weighted by atomic mass is 10.4. The summed E-state index contributed by atoms with van der Waals surface area (Å²) in [7, 11) is -3.66. The molecule has 0 aromatic carbocycles. The molecule has 0 bridgehead atoms. The number of hydrogen-bond acceptors (Lipinski definition) is 5. The standard InChI is InChI=1S/C13H17N3O3S/c1-2-6-14-12-4-3-7-15-13(12)20(17,18)16-9-11-5-8-19-10-11/h3-5,7-8,10,14,16H,2,6,9H2,1H3. The molecule has 0 aliphatic carbocycles. The Labute approximate surface area is 118 Å². The molecule has 20 heavy (non-hydrogen) atoms. The second-order valence-corrected chi connectivity index (χ2v) is 5.92. The summed E-state index contributed by atoms with van der Waals surface area (Å²) < 4.78 is 31.9. The van der Waals surface area contributed by atoms with E-state index in [0.29, 0.717) is 12.2 Å². The van der Waals surface area contributed by atoms with Crippen LogP contribution in [0.2, 0.25) is 0 Å². The van der Waals surface area contributed by atoms with Crippen LogP contribution in [0.1, 0.15) is 18.9 Å². The summed E-state index contributed by atoms with van der Waals surface area (Å²) in [6.07, 6.45) is 5.36. The maximum atomic E-state index is 12.3. The molecule has 0 saturated heterocycles. The monoisotopic (exact) mass is 295 g/mol. The van der Waals surface area contributed by atoms with Crippen LogP contribution < -0.4 is 10.0 Å². The zero-order valence-corrected chi connectivity index (χ0v) is 12.0. The first-order valence-electron chi connectivity index (χ1n) is 6.33. The molecule has 0 atom stereocenters. The minimum Gasteiger partial charge on any atom is -0.472 e. The molecule has 0 aliphatic heterocycles. The van der Waals surface area contributed by atoms with Crippen molar-refractivity contribution in [2.75, 3.05) is 11.9 Å². The minimum absolute atomic E-state index is 0.0111. The summed E-state index contributed by atoms with van der Waals surface area (Å²) in [6.45, 7) is 2.87. The van der Waals surface area contributed by atoms with Crippen LogP contribution in [0.4, 0.5) is 5.69 Å². The highest BCUT2D eigenvalue weighted by atomic mass is 32.2. The SMILES string of the molecule is CCCNc1cccnc1S(=O)(=O)NCc1ccoc1. The Morgan fingerprint density at radius 2 is 2.20 bits per heavy atom. The quantitative estimate of drug-likeness (QED) is 0.816. The average molecular weight is 295 g/mol. The lowest BCUT2D eigenvalue weighted by Gasteiger charge is -2.11. The molecule has 0 fully saturated rings. The van der Waals surface area contributed by atoms with Crippen molar-refractivity contribution in [3.63, 3.8) is 0 Å². The van der Waals surface area contributed by atoms with Crippen molar-refractivity contribution in [3.8, 4) is 0 Å². The van der Waals surface area contributed by atoms with Crippen LogP contribution >= 0.6 is 0 Å². The molecule has 0 radical (unpaired) electrons. The van der Waals surface area contributed by atoms with Gasteiger partial charge in [0.15, 0.2) is 5.03 Å². The number of pyridine rings is 1. The van der Waals surface area contributed by atoms with Crippen LogP contribution in [0, 0.1) is 0 Å². The van der Waals surface area contributed by atoms with Crippen LogP contribution in [0.15, 0.2) is 46.4 Å². The highest BCUT2D eigenvalue weighted by molar-refractivity contribution is 7.89. The Balaban J connectivity index is 2.16. The number of hydrogen-bond donors (Lipinski definition) is 2. The molecule has 0 spiro atoms. The lowest BCUT2D eigenvalue weighted by Crippen LogP contribution is -2.25. The van der Waals surface area contributed by atoms with Gasteiger partial charge in [0.05, 0.1) is 18.2 Å². The third kappa shape index (κ3) is 3.58. The van der Waals surface area contributed by atoms with Gasteiger partial charge in [0.25, 0.3) is 10.0 Å². The van der Waals surface area contributed by atoms with E-state index in [4.69, 9.17) is 4.42 Å². The molecular weight excluding hydrogens is 278 g/mol. The Morgan fingerprint density at radius 3 is 2.90 bits per heavy atom. The first kappa shape index (κ1) is 14.5. The first-order chi connectivity index (χ1) is 9.63. The third-order valence-electron chi connectivity index (χ3n) is 2.64. The summed E-state index contributed by atoms with van der Waals surface area (Å²) >= 11 is 0. The lowest BCUT2D eigenvalue weighted by molar-refractivity contribution is 0.560. The number of furan rings is 1. The van der Waals surface area contributed by atoms with Gasteiger partial charge < -0.3 is 9.73 Å². The average Bonchev–Trinajstić information content (AvgIpc) is 2.97. The maximum absolute atomic E-state index is 12.3. The fraction of sp³-hybridized carbons (Fsp3) is 0.308. The van der Waals surface area contributed by atoms with Crippen molar-refractivity contribution in [1.29, 1.82) is 0 Å². The van der Waals surface area contributed by atoms with Gasteiger partial charge in [-0.15, -0.1) is 0 Å². The van der Waals surface area contributed by atoms with Gasteiger partial charge >= 0.3 is 0 Å². The molecule has 2 heterocycles. The topological polar surface area (TPSA) is 84.2 Å². The van der Waals surface area contributed by atoms with Gasteiger partial charge in [-0.1, -0.05) is 6.92 Å². The van der Waals surface area contributed by atoms with E-state index in [1.165, 1.54) is 18.7 Å². The fourth-order valence-electron chi connectivity index (χ4n) is 1.64. The number of anilines is 1. The number of nitrogens with one attached hydrogen (secondary N) is 2. The summed E-state index contributed by atoms with van der Waals surface area (Å²) in [6, 6.07) is 5.11. The molecule has 0 aliphatic rings. The molecule has 7 heteroatoms. The van der Waals surface area contributed by atoms with Crippen LogP contribution in [0.3, 0.4) is 0 Å². The van der Waals surface area contributed by atoms with Crippen LogP contribution in [-0.2, 0) is 16.6 Å². The normalized spacial score (nSPS) is 11.4. The van der Waals surface area contributed by atoms with Crippen molar-refractivity contribution in [1.82, 2.24) is 9.71 Å². The van der Waals surface area contributed by atoms with Crippen molar-refractivity contribution < 1.29 is 12.8 Å². The number of nitrogens with zero attached hydrogens (tertiary/aromatic N) is 1. The van der Waals surface area contributed by atoms with E-state index in [2.05, 4.69) is 15.0 Å². The molecular formula is C13H17N3O3S. The van der Waals surface area contributed by atoms with Gasteiger partial charge in [-0.25, -0.2) is 18.1 Å². The molecule has 2 aromatic heterocycles. The summed E-state index contributed by atoms with van der Waals surface area (Å²) in [5.41, 5.74) is 1.27. The molecule has 2 N–H and O–H groups in total. The molecule has 0 unspecified atom stereocenters. The fourth-order valence-corrected chi connectivity index (χ4v) is 2.76. The third-order valence-corrected chi connectivity index (χ3v) is 4.00. The number of rotatable bonds is 7. The number of aromatic nitrogens is 1. The maximum Gasteiger partial charge on any atom is 0.260 e. The minimum atomic E-state index is -3.66. The largest absolute Gasteiger partial charge is 0.472 e. The van der Waals surface area contributed by atoms with Gasteiger partial charge in [0, 0.05) is 24.8 Å². The van der Waals surface area contributed by atoms with Gasteiger partial charge in [0.1, 0.15) is 0 Å². The Hall–Kier alpha value is -1.86. The van der Waals surface area contributed by atoms with Gasteiger partial charge in [-0.3, -0.25) is 0 Å². The van der Waals surface area contributed by atoms with E-state index in [-0.39, 0.29) is 11.6 Å². The summed E-state index contributed by atoms with van der Waals surface area (Å²) in [5.74, 6) is 0. The summed E-state index contributed by atoms with van der Waals surface area (Å²) in [4.78, 5) is 3.97. The van der Waals surface area contributed by atoms with E-state index in [0.717, 1.165) is 12.0 Å². The molecule has 6 nitrogen and oxygen atoms in total. The van der Waals surface area contributed by atoms with E-state index in [1.807, 2.05) is 6.92 Å². The van der Waals surface area contributed by atoms with Crippen LogP contribution in [0.5, 0.6) is 0 Å². The second-order valence-electron chi connectivity index (χ2n) is 4.24. The summed E-state index contributed by atoms with van der Waals surface area (Å²) in [5, 5.41) is 3.07. The van der Waals surface area contributed by atoms with Crippen molar-refractivity contribution in [3.05, 3.63) is 42.5 Å². The predicted molar refractivity (Wildman–Crippen MR) is 75.8 cm³/mol. The van der Waals surface area contributed by atoms with Crippen molar-refractivity contribution in [2.45, 2.75) is 24.9 Å². The first-order valence-corrected chi connectivity index (χ1v) is 7.81. The Morgan fingerprint density at radius 1 is 1.35 bits per heavy atom. The van der Waals surface area contributed by atoms with Gasteiger partial charge in [-0.2, -0.15) is 0 Å². The Kier molecular flexibility index (Phi) is 4.75. The van der Waals surface area contributed by atoms with Gasteiger partial charge in [-0.05, 0) is 24.6 Å². The highest BCUT2D eigenvalue weighted by Crippen LogP contribution is 2.18. The highest BCUT2D eigenvalue weighted by Gasteiger charge is 2.19. The smallest absolute Gasteiger partial charge is 0.260 e. The van der Waals surface area contributed by atoms with Crippen LogP contribution in [-0.4, -0.2) is 19.9 Å². The number of sulfonamides is 1. The van der Waals surface area contributed by atoms with E-state index in [9.17, 15) is 8.42 Å². The van der Waals surface area contributed by atoms with Crippen molar-refractivity contribution >= 4 is 15.7 Å². The van der Waals surface area contributed by atoms with E-state index in [1.54, 1.807) is 18.2 Å². The Bertz CT molecular complexity index is 639. The molecule has 2 rings (SSSR count). The molecule has 108 valence electrons. The zero-order valence-electron chi connectivity index (χ0n) is 11.2. The van der Waals surface area contributed by atoms with Gasteiger partial charge in [0.2, 0.25) is 0 Å². The second kappa shape index (κ2) is 6.53. The molecule has 0 saturated carbocycles. The molecule has 0 amide bonds. The van der Waals surface area contributed by atoms with E-state index < -0.39 is 10.0 Å².